The molecule has 0 unspecified atom stereocenters. The highest BCUT2D eigenvalue weighted by atomic mass is 19.4. The number of nitrogens with one attached hydrogen (secondary N) is 1. The number of carbonyl (C=O) groups excluding carboxylic acids is 1. The number of benzene rings is 1. The highest BCUT2D eigenvalue weighted by molar-refractivity contribution is 5.64. The van der Waals surface area contributed by atoms with Gasteiger partial charge in [-0.1, -0.05) is 12.1 Å². The van der Waals surface area contributed by atoms with Crippen molar-refractivity contribution in [1.82, 2.24) is 9.88 Å². The van der Waals surface area contributed by atoms with E-state index in [0.29, 0.717) is 18.7 Å². The molecule has 0 spiro atoms. The fourth-order valence-electron chi connectivity index (χ4n) is 3.61. The Kier molecular flexibility index (Phi) is 4.18. The molecular formula is C18H15F3N3O3-. The molecule has 1 aromatic heterocycles. The number of hydrogen-bond donors (Lipinski definition) is 1. The molecule has 2 saturated heterocycles. The first-order valence-corrected chi connectivity index (χ1v) is 8.34. The average molecular weight is 378 g/mol. The largest absolute Gasteiger partial charge is 0.530 e. The van der Waals surface area contributed by atoms with Crippen LogP contribution >= 0.6 is 0 Å². The van der Waals surface area contributed by atoms with Gasteiger partial charge in [-0.2, -0.15) is 13.2 Å². The third-order valence-corrected chi connectivity index (χ3v) is 4.81. The molecule has 0 radical (unpaired) electrons. The van der Waals surface area contributed by atoms with E-state index in [2.05, 4.69) is 10.3 Å². The lowest BCUT2D eigenvalue weighted by molar-refractivity contribution is -0.270. The van der Waals surface area contributed by atoms with Crippen LogP contribution in [0.25, 0.3) is 0 Å². The molecule has 0 aliphatic carbocycles. The molecule has 2 fully saturated rings. The summed E-state index contributed by atoms with van der Waals surface area (Å²) >= 11 is 0. The van der Waals surface area contributed by atoms with Gasteiger partial charge in [0, 0.05) is 24.1 Å². The van der Waals surface area contributed by atoms with Gasteiger partial charge in [-0.3, -0.25) is 4.98 Å². The second-order valence-corrected chi connectivity index (χ2v) is 6.57. The maximum absolute atomic E-state index is 12.7. The summed E-state index contributed by atoms with van der Waals surface area (Å²) in [6.07, 6.45) is -4.48. The Hall–Kier alpha value is -2.81. The van der Waals surface area contributed by atoms with Gasteiger partial charge in [-0.05, 0) is 36.2 Å². The van der Waals surface area contributed by atoms with Crippen molar-refractivity contribution in [2.45, 2.75) is 30.8 Å². The van der Waals surface area contributed by atoms with Crippen LogP contribution in [0.3, 0.4) is 0 Å². The lowest BCUT2D eigenvalue weighted by atomic mass is 10.0. The minimum absolute atomic E-state index is 0.131. The van der Waals surface area contributed by atoms with E-state index < -0.39 is 18.0 Å². The molecular weight excluding hydrogens is 363 g/mol. The molecule has 3 heterocycles. The zero-order chi connectivity index (χ0) is 19.2. The summed E-state index contributed by atoms with van der Waals surface area (Å²) in [5, 5.41) is 14.1. The van der Waals surface area contributed by atoms with E-state index in [1.807, 2.05) is 0 Å². The lowest BCUT2D eigenvalue weighted by Gasteiger charge is -2.35. The fraction of sp³-hybridized carbons (Fsp3) is 0.333. The summed E-state index contributed by atoms with van der Waals surface area (Å²) in [6, 6.07) is 9.07. The Labute approximate surface area is 152 Å². The van der Waals surface area contributed by atoms with E-state index in [9.17, 15) is 23.1 Å². The molecule has 27 heavy (non-hydrogen) atoms. The van der Waals surface area contributed by atoms with Crippen molar-refractivity contribution in [3.8, 4) is 0 Å². The van der Waals surface area contributed by atoms with E-state index in [-0.39, 0.29) is 23.9 Å². The predicted molar refractivity (Wildman–Crippen MR) is 87.1 cm³/mol. The van der Waals surface area contributed by atoms with Crippen molar-refractivity contribution in [2.75, 3.05) is 11.9 Å². The van der Waals surface area contributed by atoms with Gasteiger partial charge in [0.05, 0.1) is 12.1 Å². The first kappa shape index (κ1) is 17.6. The van der Waals surface area contributed by atoms with Gasteiger partial charge in [-0.15, -0.1) is 0 Å². The molecule has 2 bridgehead atoms. The maximum Gasteiger partial charge on any atom is 0.433 e. The number of aromatic nitrogens is 1. The van der Waals surface area contributed by atoms with Crippen LogP contribution in [0.4, 0.5) is 29.3 Å². The van der Waals surface area contributed by atoms with Crippen LogP contribution < -0.4 is 10.4 Å². The molecule has 3 atom stereocenters. The predicted octanol–water partition coefficient (Wildman–Crippen LogP) is 2.70. The van der Waals surface area contributed by atoms with Crippen molar-refractivity contribution >= 4 is 17.5 Å². The van der Waals surface area contributed by atoms with Crippen LogP contribution in [0.15, 0.2) is 42.6 Å². The third kappa shape index (κ3) is 3.42. The summed E-state index contributed by atoms with van der Waals surface area (Å²) in [6.45, 7) is 0.326. The average Bonchev–Trinajstić information content (AvgIpc) is 3.23. The number of rotatable bonds is 3. The number of likely N-dealkylation sites (tertiary alicyclic amines) is 1. The number of anilines is 2. The van der Waals surface area contributed by atoms with E-state index >= 15 is 0 Å². The Bertz CT molecular complexity index is 857. The zero-order valence-electron chi connectivity index (χ0n) is 13.9. The highest BCUT2D eigenvalue weighted by Crippen LogP contribution is 2.42. The first-order valence-electron chi connectivity index (χ1n) is 8.34. The van der Waals surface area contributed by atoms with Gasteiger partial charge in [0.15, 0.2) is 0 Å². The summed E-state index contributed by atoms with van der Waals surface area (Å²) in [4.78, 5) is 15.8. The van der Waals surface area contributed by atoms with E-state index in [0.717, 1.165) is 17.8 Å². The summed E-state index contributed by atoms with van der Waals surface area (Å²) in [5.74, 6) is 0. The van der Waals surface area contributed by atoms with E-state index in [1.54, 1.807) is 24.3 Å². The van der Waals surface area contributed by atoms with Crippen molar-refractivity contribution < 1.29 is 27.8 Å². The van der Waals surface area contributed by atoms with Crippen molar-refractivity contribution in [3.63, 3.8) is 0 Å². The zero-order valence-corrected chi connectivity index (χ0v) is 13.9. The monoisotopic (exact) mass is 378 g/mol. The van der Waals surface area contributed by atoms with Crippen molar-refractivity contribution in [1.29, 1.82) is 0 Å². The number of carbonyl (C=O) groups is 1. The topological polar surface area (TPSA) is 77.5 Å². The van der Waals surface area contributed by atoms with Crippen LogP contribution in [-0.2, 0) is 10.9 Å². The number of halogens is 3. The van der Waals surface area contributed by atoms with E-state index in [1.165, 1.54) is 11.0 Å². The number of amides is 1. The molecule has 2 aromatic rings. The third-order valence-electron chi connectivity index (χ3n) is 4.81. The molecule has 6 nitrogen and oxygen atoms in total. The number of fused-ring (bicyclic) bond motifs is 2. The Balaban J connectivity index is 1.48. The van der Waals surface area contributed by atoms with Gasteiger partial charge in [0.1, 0.15) is 17.9 Å². The minimum atomic E-state index is -4.51. The van der Waals surface area contributed by atoms with Crippen LogP contribution in [0.1, 0.15) is 23.8 Å². The molecule has 9 heteroatoms. The molecule has 0 saturated carbocycles. The normalized spacial score (nSPS) is 24.3. The number of carboxylic acid groups (broad SMARTS) is 1. The highest BCUT2D eigenvalue weighted by Gasteiger charge is 2.46. The molecule has 1 N–H and O–H groups in total. The molecule has 4 rings (SSSR count). The van der Waals surface area contributed by atoms with Crippen molar-refractivity contribution in [2.24, 2.45) is 0 Å². The van der Waals surface area contributed by atoms with Gasteiger partial charge in [-0.25, -0.2) is 0 Å². The number of hydrogen-bond acceptors (Lipinski definition) is 5. The number of morpholine rings is 1. The summed E-state index contributed by atoms with van der Waals surface area (Å²) < 4.78 is 44.1. The van der Waals surface area contributed by atoms with Gasteiger partial charge >= 0.3 is 6.18 Å². The number of pyridine rings is 1. The molecule has 2 aliphatic heterocycles. The second-order valence-electron chi connectivity index (χ2n) is 6.57. The van der Waals surface area contributed by atoms with Gasteiger partial charge in [0.2, 0.25) is 0 Å². The standard InChI is InChI=1S/C18H16F3N3O3/c19-18(20,21)15-7-12(5-6-22-15)23-11-3-1-10(2-4-11)16-14-8-13(27-16)9-24(14)17(25)26/h1-7,13-14,16H,8-9H2,(H,22,23)(H,25,26)/p-1/t13-,14-,16+/m0/s1. The SMILES string of the molecule is O=C([O-])N1C[C@@H]2C[C@H]1[C@@H](c1ccc(Nc3ccnc(C(F)(F)F)c3)cc1)O2. The summed E-state index contributed by atoms with van der Waals surface area (Å²) in [5.41, 5.74) is 0.703. The lowest BCUT2D eigenvalue weighted by Crippen LogP contribution is -2.48. The number of ether oxygens (including phenoxy) is 1. The quantitative estimate of drug-likeness (QED) is 0.889. The number of nitrogens with zero attached hydrogens (tertiary/aromatic N) is 2. The fourth-order valence-corrected chi connectivity index (χ4v) is 3.61. The van der Waals surface area contributed by atoms with Crippen LogP contribution in [-0.4, -0.2) is 34.7 Å². The minimum Gasteiger partial charge on any atom is -0.530 e. The molecule has 1 amide bonds. The van der Waals surface area contributed by atoms with Crippen LogP contribution in [0.5, 0.6) is 0 Å². The Morgan fingerprint density at radius 2 is 1.96 bits per heavy atom. The van der Waals surface area contributed by atoms with Gasteiger partial charge in [0.25, 0.3) is 0 Å². The Morgan fingerprint density at radius 1 is 1.22 bits per heavy atom. The van der Waals surface area contributed by atoms with Crippen molar-refractivity contribution in [3.05, 3.63) is 53.9 Å². The molecule has 2 aliphatic rings. The second kappa shape index (κ2) is 6.41. The van der Waals surface area contributed by atoms with Gasteiger partial charge < -0.3 is 24.9 Å². The first-order chi connectivity index (χ1) is 12.8. The number of alkyl halides is 3. The molecule has 1 aromatic carbocycles. The Morgan fingerprint density at radius 3 is 2.59 bits per heavy atom. The van der Waals surface area contributed by atoms with Crippen LogP contribution in [0.2, 0.25) is 0 Å². The summed E-state index contributed by atoms with van der Waals surface area (Å²) in [7, 11) is 0. The smallest absolute Gasteiger partial charge is 0.433 e. The maximum atomic E-state index is 12.7. The van der Waals surface area contributed by atoms with E-state index in [4.69, 9.17) is 4.74 Å². The van der Waals surface area contributed by atoms with Crippen LogP contribution in [0, 0.1) is 0 Å². The molecule has 142 valence electrons.